The van der Waals surface area contributed by atoms with Gasteiger partial charge in [0, 0.05) is 11.9 Å². The molecule has 0 saturated carbocycles. The monoisotopic (exact) mass is 182 g/mol. The van der Waals surface area contributed by atoms with Gasteiger partial charge in [-0.1, -0.05) is 0 Å². The van der Waals surface area contributed by atoms with Gasteiger partial charge < -0.3 is 10.6 Å². The van der Waals surface area contributed by atoms with E-state index in [2.05, 4.69) is 0 Å². The van der Waals surface area contributed by atoms with Crippen LogP contribution in [0.25, 0.3) is 0 Å². The first kappa shape index (κ1) is 7.76. The Balaban J connectivity index is 2.22. The van der Waals surface area contributed by atoms with Crippen LogP contribution in [-0.4, -0.2) is 18.5 Å². The lowest BCUT2D eigenvalue weighted by Gasteiger charge is -2.12. The van der Waals surface area contributed by atoms with Gasteiger partial charge in [0.15, 0.2) is 0 Å². The Bertz CT molecular complexity index is 283. The van der Waals surface area contributed by atoms with Gasteiger partial charge in [-0.05, 0) is 17.9 Å². The van der Waals surface area contributed by atoms with E-state index in [4.69, 9.17) is 5.73 Å². The van der Waals surface area contributed by atoms with E-state index in [0.717, 1.165) is 18.7 Å². The van der Waals surface area contributed by atoms with Crippen LogP contribution >= 0.6 is 11.3 Å². The number of hydrogen-bond acceptors (Lipinski definition) is 3. The molecule has 1 unspecified atom stereocenters. The summed E-state index contributed by atoms with van der Waals surface area (Å²) in [6, 6.07) is 1.66. The second-order valence-electron chi connectivity index (χ2n) is 2.87. The second-order valence-corrected chi connectivity index (χ2v) is 3.65. The molecule has 0 radical (unpaired) electrons. The van der Waals surface area contributed by atoms with E-state index in [1.54, 1.807) is 16.2 Å². The normalized spacial score (nSPS) is 23.6. The van der Waals surface area contributed by atoms with Crippen LogP contribution < -0.4 is 10.6 Å². The minimum atomic E-state index is -0.287. The largest absolute Gasteiger partial charge is 0.320 e. The smallest absolute Gasteiger partial charge is 0.243 e. The highest BCUT2D eigenvalue weighted by Crippen LogP contribution is 2.22. The average molecular weight is 182 g/mol. The summed E-state index contributed by atoms with van der Waals surface area (Å²) in [6.07, 6.45) is 0.772. The van der Waals surface area contributed by atoms with Crippen molar-refractivity contribution in [3.63, 3.8) is 0 Å². The molecule has 2 heterocycles. The number of nitrogens with zero attached hydrogens (tertiary/aromatic N) is 1. The molecule has 1 atom stereocenters. The Morgan fingerprint density at radius 3 is 3.00 bits per heavy atom. The van der Waals surface area contributed by atoms with Crippen molar-refractivity contribution in [2.24, 2.45) is 5.73 Å². The lowest BCUT2D eigenvalue weighted by atomic mass is 10.3. The molecular weight excluding hydrogens is 172 g/mol. The molecule has 0 aromatic carbocycles. The molecule has 12 heavy (non-hydrogen) atoms. The van der Waals surface area contributed by atoms with Crippen molar-refractivity contribution in [2.75, 3.05) is 11.4 Å². The standard InChI is InChI=1S/C8H10N2OS/c9-7-1-3-10(8(7)11)6-2-4-12-5-6/h2,4-5,7H,1,3,9H2. The molecule has 1 saturated heterocycles. The molecule has 2 rings (SSSR count). The van der Waals surface area contributed by atoms with Gasteiger partial charge >= 0.3 is 0 Å². The lowest BCUT2D eigenvalue weighted by molar-refractivity contribution is -0.118. The molecule has 1 aliphatic heterocycles. The molecule has 0 bridgehead atoms. The van der Waals surface area contributed by atoms with Gasteiger partial charge in [0.05, 0.1) is 11.7 Å². The topological polar surface area (TPSA) is 46.3 Å². The zero-order chi connectivity index (χ0) is 8.55. The summed E-state index contributed by atoms with van der Waals surface area (Å²) in [5, 5.41) is 3.93. The van der Waals surface area contributed by atoms with E-state index in [1.165, 1.54) is 0 Å². The van der Waals surface area contributed by atoms with E-state index in [9.17, 15) is 4.79 Å². The molecule has 64 valence electrons. The van der Waals surface area contributed by atoms with Gasteiger partial charge in [0.1, 0.15) is 0 Å². The van der Waals surface area contributed by atoms with Gasteiger partial charge in [0.25, 0.3) is 0 Å². The minimum absolute atomic E-state index is 0.0494. The highest BCUT2D eigenvalue weighted by atomic mass is 32.1. The number of thiophene rings is 1. The fourth-order valence-corrected chi connectivity index (χ4v) is 2.01. The van der Waals surface area contributed by atoms with Crippen molar-refractivity contribution in [1.29, 1.82) is 0 Å². The number of carbonyl (C=O) groups excluding carboxylic acids is 1. The first-order chi connectivity index (χ1) is 5.79. The molecule has 1 aromatic rings. The molecule has 1 aromatic heterocycles. The summed E-state index contributed by atoms with van der Waals surface area (Å²) < 4.78 is 0. The zero-order valence-electron chi connectivity index (χ0n) is 6.56. The average Bonchev–Trinajstić information content (AvgIpc) is 2.64. The van der Waals surface area contributed by atoms with Gasteiger partial charge in [-0.15, -0.1) is 0 Å². The van der Waals surface area contributed by atoms with Crippen molar-refractivity contribution in [3.05, 3.63) is 16.8 Å². The lowest BCUT2D eigenvalue weighted by Crippen LogP contribution is -2.33. The number of carbonyl (C=O) groups is 1. The van der Waals surface area contributed by atoms with Crippen molar-refractivity contribution in [1.82, 2.24) is 0 Å². The quantitative estimate of drug-likeness (QED) is 0.698. The van der Waals surface area contributed by atoms with Crippen LogP contribution in [0.5, 0.6) is 0 Å². The van der Waals surface area contributed by atoms with E-state index >= 15 is 0 Å². The molecule has 2 N–H and O–H groups in total. The Hall–Kier alpha value is -0.870. The number of nitrogens with two attached hydrogens (primary N) is 1. The summed E-state index contributed by atoms with van der Waals surface area (Å²) in [5.74, 6) is 0.0494. The van der Waals surface area contributed by atoms with Crippen LogP contribution in [0, 0.1) is 0 Å². The summed E-state index contributed by atoms with van der Waals surface area (Å²) in [5.41, 5.74) is 6.57. The fraction of sp³-hybridized carbons (Fsp3) is 0.375. The second kappa shape index (κ2) is 2.88. The molecule has 3 nitrogen and oxygen atoms in total. The highest BCUT2D eigenvalue weighted by molar-refractivity contribution is 7.08. The Labute approximate surface area is 74.8 Å². The number of anilines is 1. The number of rotatable bonds is 1. The van der Waals surface area contributed by atoms with Crippen molar-refractivity contribution >= 4 is 22.9 Å². The Kier molecular flexibility index (Phi) is 1.86. The van der Waals surface area contributed by atoms with Crippen LogP contribution in [0.15, 0.2) is 16.8 Å². The van der Waals surface area contributed by atoms with Gasteiger partial charge in [-0.25, -0.2) is 0 Å². The third kappa shape index (κ3) is 1.13. The molecule has 1 amide bonds. The van der Waals surface area contributed by atoms with Gasteiger partial charge in [0.2, 0.25) is 5.91 Å². The van der Waals surface area contributed by atoms with Crippen LogP contribution in [0.4, 0.5) is 5.69 Å². The molecule has 0 aliphatic carbocycles. The Morgan fingerprint density at radius 1 is 1.67 bits per heavy atom. The van der Waals surface area contributed by atoms with E-state index in [1.807, 2.05) is 16.8 Å². The molecule has 1 fully saturated rings. The van der Waals surface area contributed by atoms with Crippen LogP contribution in [0.1, 0.15) is 6.42 Å². The Morgan fingerprint density at radius 2 is 2.50 bits per heavy atom. The summed E-state index contributed by atoms with van der Waals surface area (Å²) in [7, 11) is 0. The summed E-state index contributed by atoms with van der Waals surface area (Å²) in [6.45, 7) is 0.761. The third-order valence-corrected chi connectivity index (χ3v) is 2.74. The predicted molar refractivity (Wildman–Crippen MR) is 49.3 cm³/mol. The van der Waals surface area contributed by atoms with Crippen molar-refractivity contribution in [3.8, 4) is 0 Å². The molecular formula is C8H10N2OS. The molecule has 4 heteroatoms. The molecule has 0 spiro atoms. The third-order valence-electron chi connectivity index (χ3n) is 2.06. The number of amides is 1. The van der Waals surface area contributed by atoms with Crippen molar-refractivity contribution < 1.29 is 4.79 Å². The minimum Gasteiger partial charge on any atom is -0.320 e. The first-order valence-corrected chi connectivity index (χ1v) is 4.82. The van der Waals surface area contributed by atoms with Gasteiger partial charge in [-0.2, -0.15) is 11.3 Å². The SMILES string of the molecule is NC1CCN(c2ccsc2)C1=O. The van der Waals surface area contributed by atoms with Crippen LogP contribution in [0.2, 0.25) is 0 Å². The van der Waals surface area contributed by atoms with Crippen LogP contribution in [0.3, 0.4) is 0 Å². The molecule has 1 aliphatic rings. The van der Waals surface area contributed by atoms with E-state index in [0.29, 0.717) is 0 Å². The maximum Gasteiger partial charge on any atom is 0.243 e. The van der Waals surface area contributed by atoms with E-state index in [-0.39, 0.29) is 11.9 Å². The van der Waals surface area contributed by atoms with Crippen molar-refractivity contribution in [2.45, 2.75) is 12.5 Å². The van der Waals surface area contributed by atoms with Gasteiger partial charge in [-0.3, -0.25) is 4.79 Å². The maximum atomic E-state index is 11.4. The predicted octanol–water partition coefficient (Wildman–Crippen LogP) is 0.812. The van der Waals surface area contributed by atoms with E-state index < -0.39 is 0 Å². The summed E-state index contributed by atoms with van der Waals surface area (Å²) >= 11 is 1.59. The fourth-order valence-electron chi connectivity index (χ4n) is 1.37. The zero-order valence-corrected chi connectivity index (χ0v) is 7.38. The maximum absolute atomic E-state index is 11.4. The first-order valence-electron chi connectivity index (χ1n) is 3.88. The highest BCUT2D eigenvalue weighted by Gasteiger charge is 2.29. The number of hydrogen-bond donors (Lipinski definition) is 1. The summed E-state index contributed by atoms with van der Waals surface area (Å²) in [4.78, 5) is 13.2. The van der Waals surface area contributed by atoms with Crippen LogP contribution in [-0.2, 0) is 4.79 Å².